The minimum atomic E-state index is 0.144. The van der Waals surface area contributed by atoms with Crippen molar-refractivity contribution >= 4 is 16.8 Å². The fraction of sp³-hybridized carbons (Fsp3) is 0.500. The Kier molecular flexibility index (Phi) is 5.05. The Labute approximate surface area is 127 Å². The molecule has 3 nitrogen and oxygen atoms in total. The van der Waals surface area contributed by atoms with Crippen LogP contribution in [0.1, 0.15) is 50.9 Å². The number of nitrogens with zero attached hydrogens (tertiary/aromatic N) is 1. The molecule has 0 atom stereocenters. The van der Waals surface area contributed by atoms with Gasteiger partial charge in [-0.3, -0.25) is 4.79 Å². The van der Waals surface area contributed by atoms with Crippen molar-refractivity contribution in [3.05, 3.63) is 36.0 Å². The van der Waals surface area contributed by atoms with Gasteiger partial charge in [0.1, 0.15) is 0 Å². The number of rotatable bonds is 6. The maximum Gasteiger partial charge on any atom is 0.256 e. The molecule has 1 heterocycles. The van der Waals surface area contributed by atoms with Crippen LogP contribution in [0.5, 0.6) is 0 Å². The number of nitrogens with one attached hydrogen (secondary N) is 1. The summed E-state index contributed by atoms with van der Waals surface area (Å²) in [5, 5.41) is 1.09. The fourth-order valence-corrected chi connectivity index (χ4v) is 2.94. The van der Waals surface area contributed by atoms with Crippen LogP contribution in [0.15, 0.2) is 30.5 Å². The molecule has 1 aromatic heterocycles. The molecular weight excluding hydrogens is 260 g/mol. The lowest BCUT2D eigenvalue weighted by Crippen LogP contribution is -2.42. The van der Waals surface area contributed by atoms with Crippen LogP contribution in [0.2, 0.25) is 0 Å². The molecular formula is C18H26N2O. The molecule has 0 aliphatic rings. The highest BCUT2D eigenvalue weighted by molar-refractivity contribution is 6.05. The Morgan fingerprint density at radius 3 is 2.52 bits per heavy atom. The summed E-state index contributed by atoms with van der Waals surface area (Å²) in [7, 11) is 0. The topological polar surface area (TPSA) is 36.1 Å². The van der Waals surface area contributed by atoms with Gasteiger partial charge in [-0.15, -0.1) is 0 Å². The van der Waals surface area contributed by atoms with Gasteiger partial charge >= 0.3 is 0 Å². The summed E-state index contributed by atoms with van der Waals surface area (Å²) in [6.45, 7) is 9.45. The number of fused-ring (bicyclic) bond motifs is 1. The van der Waals surface area contributed by atoms with E-state index in [9.17, 15) is 4.79 Å². The third-order valence-corrected chi connectivity index (χ3v) is 4.02. The number of amides is 1. The van der Waals surface area contributed by atoms with Crippen molar-refractivity contribution in [1.29, 1.82) is 0 Å². The molecule has 0 radical (unpaired) electrons. The highest BCUT2D eigenvalue weighted by Crippen LogP contribution is 2.22. The van der Waals surface area contributed by atoms with Gasteiger partial charge in [-0.1, -0.05) is 39.8 Å². The molecule has 1 amide bonds. The Balaban J connectivity index is 2.39. The number of hydrogen-bond acceptors (Lipinski definition) is 1. The predicted octanol–water partition coefficient (Wildman–Crippen LogP) is 4.45. The van der Waals surface area contributed by atoms with E-state index in [0.29, 0.717) is 12.0 Å². The lowest BCUT2D eigenvalue weighted by molar-refractivity contribution is 0.0642. The van der Waals surface area contributed by atoms with E-state index in [1.54, 1.807) is 0 Å². The molecule has 0 spiro atoms. The van der Waals surface area contributed by atoms with E-state index < -0.39 is 0 Å². The number of para-hydroxylation sites is 1. The van der Waals surface area contributed by atoms with Crippen molar-refractivity contribution < 1.29 is 4.79 Å². The molecule has 1 aromatic carbocycles. The van der Waals surface area contributed by atoms with E-state index in [2.05, 4.69) is 37.6 Å². The number of aromatic nitrogens is 1. The van der Waals surface area contributed by atoms with Gasteiger partial charge < -0.3 is 9.88 Å². The van der Waals surface area contributed by atoms with E-state index in [1.165, 1.54) is 0 Å². The van der Waals surface area contributed by atoms with Crippen LogP contribution in [-0.2, 0) is 0 Å². The summed E-state index contributed by atoms with van der Waals surface area (Å²) >= 11 is 0. The first-order valence-electron chi connectivity index (χ1n) is 7.95. The second kappa shape index (κ2) is 6.79. The van der Waals surface area contributed by atoms with Gasteiger partial charge in [0.2, 0.25) is 0 Å². The van der Waals surface area contributed by atoms with Crippen molar-refractivity contribution in [2.45, 2.75) is 46.6 Å². The summed E-state index contributed by atoms with van der Waals surface area (Å²) in [5.74, 6) is 0.614. The summed E-state index contributed by atoms with van der Waals surface area (Å²) < 4.78 is 0. The third kappa shape index (κ3) is 3.29. The SMILES string of the molecule is CCC(CC)N(CC(C)C)C(=O)c1cccc2cc[nH]c12. The normalized spacial score (nSPS) is 11.5. The largest absolute Gasteiger partial charge is 0.361 e. The van der Waals surface area contributed by atoms with E-state index in [-0.39, 0.29) is 5.91 Å². The number of H-pyrrole nitrogens is 1. The molecule has 114 valence electrons. The van der Waals surface area contributed by atoms with Crippen LogP contribution in [0.25, 0.3) is 10.9 Å². The zero-order valence-electron chi connectivity index (χ0n) is 13.5. The van der Waals surface area contributed by atoms with Gasteiger partial charge in [-0.25, -0.2) is 0 Å². The molecule has 0 bridgehead atoms. The molecule has 0 aliphatic heterocycles. The van der Waals surface area contributed by atoms with Gasteiger partial charge in [0.25, 0.3) is 5.91 Å². The van der Waals surface area contributed by atoms with Crippen molar-refractivity contribution in [2.75, 3.05) is 6.54 Å². The average Bonchev–Trinajstić information content (AvgIpc) is 2.94. The Morgan fingerprint density at radius 1 is 1.19 bits per heavy atom. The van der Waals surface area contributed by atoms with Crippen LogP contribution in [0.3, 0.4) is 0 Å². The standard InChI is InChI=1S/C18H26N2O/c1-5-15(6-2)20(12-13(3)4)18(21)16-9-7-8-14-10-11-19-17(14)16/h7-11,13,15,19H,5-6,12H2,1-4H3. The number of carbonyl (C=O) groups excluding carboxylic acids is 1. The molecule has 0 aliphatic carbocycles. The lowest BCUT2D eigenvalue weighted by atomic mass is 10.0. The molecule has 0 saturated heterocycles. The summed E-state index contributed by atoms with van der Waals surface area (Å²) in [6.07, 6.45) is 3.89. The van der Waals surface area contributed by atoms with Crippen LogP contribution >= 0.6 is 0 Å². The molecule has 2 rings (SSSR count). The fourth-order valence-electron chi connectivity index (χ4n) is 2.94. The van der Waals surface area contributed by atoms with E-state index >= 15 is 0 Å². The molecule has 21 heavy (non-hydrogen) atoms. The minimum Gasteiger partial charge on any atom is -0.361 e. The maximum atomic E-state index is 13.1. The smallest absolute Gasteiger partial charge is 0.256 e. The second-order valence-electron chi connectivity index (χ2n) is 6.07. The summed E-state index contributed by atoms with van der Waals surface area (Å²) in [6, 6.07) is 8.24. The zero-order chi connectivity index (χ0) is 15.4. The molecule has 3 heteroatoms. The van der Waals surface area contributed by atoms with Gasteiger partial charge in [0.15, 0.2) is 0 Å². The van der Waals surface area contributed by atoms with Gasteiger partial charge in [-0.05, 0) is 30.9 Å². The highest BCUT2D eigenvalue weighted by atomic mass is 16.2. The lowest BCUT2D eigenvalue weighted by Gasteiger charge is -2.32. The number of benzene rings is 1. The Morgan fingerprint density at radius 2 is 1.90 bits per heavy atom. The van der Waals surface area contributed by atoms with Crippen molar-refractivity contribution in [3.8, 4) is 0 Å². The zero-order valence-corrected chi connectivity index (χ0v) is 13.5. The number of hydrogen-bond donors (Lipinski definition) is 1. The van der Waals surface area contributed by atoms with Crippen molar-refractivity contribution in [2.24, 2.45) is 5.92 Å². The number of carbonyl (C=O) groups is 1. The summed E-state index contributed by atoms with van der Waals surface area (Å²) in [5.41, 5.74) is 1.73. The third-order valence-electron chi connectivity index (χ3n) is 4.02. The summed E-state index contributed by atoms with van der Waals surface area (Å²) in [4.78, 5) is 18.3. The molecule has 0 saturated carbocycles. The average molecular weight is 286 g/mol. The van der Waals surface area contributed by atoms with Gasteiger partial charge in [-0.2, -0.15) is 0 Å². The van der Waals surface area contributed by atoms with Crippen LogP contribution in [-0.4, -0.2) is 28.4 Å². The molecule has 2 aromatic rings. The van der Waals surface area contributed by atoms with E-state index in [1.807, 2.05) is 30.5 Å². The maximum absolute atomic E-state index is 13.1. The van der Waals surface area contributed by atoms with Gasteiger partial charge in [0, 0.05) is 24.2 Å². The Bertz CT molecular complexity index is 596. The highest BCUT2D eigenvalue weighted by Gasteiger charge is 2.24. The second-order valence-corrected chi connectivity index (χ2v) is 6.07. The Hall–Kier alpha value is -1.77. The van der Waals surface area contributed by atoms with Gasteiger partial charge in [0.05, 0.1) is 11.1 Å². The van der Waals surface area contributed by atoms with Crippen LogP contribution in [0.4, 0.5) is 0 Å². The number of aromatic amines is 1. The van der Waals surface area contributed by atoms with Crippen LogP contribution in [0, 0.1) is 5.92 Å². The first-order valence-corrected chi connectivity index (χ1v) is 7.95. The van der Waals surface area contributed by atoms with Crippen molar-refractivity contribution in [1.82, 2.24) is 9.88 Å². The van der Waals surface area contributed by atoms with E-state index in [4.69, 9.17) is 0 Å². The first kappa shape index (κ1) is 15.6. The minimum absolute atomic E-state index is 0.144. The molecule has 0 fully saturated rings. The van der Waals surface area contributed by atoms with Crippen LogP contribution < -0.4 is 0 Å². The molecule has 1 N–H and O–H groups in total. The predicted molar refractivity (Wildman–Crippen MR) is 88.5 cm³/mol. The van der Waals surface area contributed by atoms with Crippen molar-refractivity contribution in [3.63, 3.8) is 0 Å². The van der Waals surface area contributed by atoms with E-state index in [0.717, 1.165) is 35.9 Å². The monoisotopic (exact) mass is 286 g/mol. The molecule has 0 unspecified atom stereocenters. The first-order chi connectivity index (χ1) is 10.1. The quantitative estimate of drug-likeness (QED) is 0.836.